The zero-order valence-corrected chi connectivity index (χ0v) is 13.5. The molecule has 0 radical (unpaired) electrons. The Morgan fingerprint density at radius 2 is 2.11 bits per heavy atom. The predicted molar refractivity (Wildman–Crippen MR) is 87.4 cm³/mol. The van der Waals surface area contributed by atoms with Crippen LogP contribution in [0, 0.1) is 0 Å². The summed E-state index contributed by atoms with van der Waals surface area (Å²) in [6, 6.07) is 6.24. The van der Waals surface area contributed by atoms with Gasteiger partial charge >= 0.3 is 0 Å². The number of anilines is 1. The van der Waals surface area contributed by atoms with E-state index in [-0.39, 0.29) is 6.04 Å². The number of thioether (sulfide) groups is 1. The Labute approximate surface area is 125 Å². The Bertz CT molecular complexity index is 446. The second kappa shape index (κ2) is 5.94. The molecule has 2 rings (SSSR count). The van der Waals surface area contributed by atoms with E-state index in [2.05, 4.69) is 30.9 Å². The van der Waals surface area contributed by atoms with Crippen LogP contribution in [-0.2, 0) is 0 Å². The first-order valence-electron chi connectivity index (χ1n) is 6.83. The van der Waals surface area contributed by atoms with Gasteiger partial charge in [0.1, 0.15) is 0 Å². The van der Waals surface area contributed by atoms with Gasteiger partial charge in [-0.05, 0) is 31.0 Å². The Balaban J connectivity index is 2.18. The Hall–Kier alpha value is -0.380. The lowest BCUT2D eigenvalue weighted by molar-refractivity contribution is 0.637. The van der Waals surface area contributed by atoms with Gasteiger partial charge in [-0.3, -0.25) is 0 Å². The molecule has 1 aromatic rings. The smallest absolute Gasteiger partial charge is 0.0642 e. The van der Waals surface area contributed by atoms with E-state index in [1.165, 1.54) is 6.42 Å². The highest BCUT2D eigenvalue weighted by molar-refractivity contribution is 8.00. The topological polar surface area (TPSA) is 29.3 Å². The Morgan fingerprint density at radius 3 is 2.74 bits per heavy atom. The van der Waals surface area contributed by atoms with Gasteiger partial charge in [0, 0.05) is 29.6 Å². The van der Waals surface area contributed by atoms with E-state index in [0.717, 1.165) is 35.1 Å². The van der Waals surface area contributed by atoms with E-state index in [4.69, 9.17) is 17.3 Å². The molecule has 1 atom stereocenters. The highest BCUT2D eigenvalue weighted by Crippen LogP contribution is 2.35. The second-order valence-corrected chi connectivity index (χ2v) is 8.05. The number of halogens is 1. The van der Waals surface area contributed by atoms with Crippen LogP contribution in [-0.4, -0.2) is 23.6 Å². The minimum atomic E-state index is 0.0326. The van der Waals surface area contributed by atoms with Crippen molar-refractivity contribution in [2.75, 3.05) is 23.7 Å². The molecule has 0 amide bonds. The molecular weight excluding hydrogens is 276 g/mol. The van der Waals surface area contributed by atoms with Crippen molar-refractivity contribution in [1.82, 2.24) is 0 Å². The fraction of sp³-hybridized carbons (Fsp3) is 0.600. The second-order valence-electron chi connectivity index (χ2n) is 5.84. The Kier molecular flexibility index (Phi) is 4.70. The van der Waals surface area contributed by atoms with Gasteiger partial charge in [0.05, 0.1) is 10.7 Å². The molecule has 1 heterocycles. The molecule has 0 bridgehead atoms. The molecular formula is C15H23ClN2S. The fourth-order valence-electron chi connectivity index (χ4n) is 2.32. The van der Waals surface area contributed by atoms with Crippen LogP contribution < -0.4 is 10.6 Å². The van der Waals surface area contributed by atoms with Crippen LogP contribution in [0.1, 0.15) is 38.8 Å². The van der Waals surface area contributed by atoms with Crippen LogP contribution in [0.15, 0.2) is 18.2 Å². The van der Waals surface area contributed by atoms with Crippen molar-refractivity contribution in [2.45, 2.75) is 38.0 Å². The molecule has 0 spiro atoms. The van der Waals surface area contributed by atoms with Gasteiger partial charge < -0.3 is 10.6 Å². The van der Waals surface area contributed by atoms with Crippen molar-refractivity contribution >= 4 is 29.1 Å². The highest BCUT2D eigenvalue weighted by Gasteiger charge is 2.24. The minimum absolute atomic E-state index is 0.0326. The molecule has 106 valence electrons. The van der Waals surface area contributed by atoms with Crippen LogP contribution in [0.25, 0.3) is 0 Å². The van der Waals surface area contributed by atoms with Crippen LogP contribution in [0.2, 0.25) is 5.02 Å². The van der Waals surface area contributed by atoms with Crippen molar-refractivity contribution in [3.05, 3.63) is 28.8 Å². The summed E-state index contributed by atoms with van der Waals surface area (Å²) in [6.45, 7) is 8.75. The number of nitrogens with zero attached hydrogens (tertiary/aromatic N) is 1. The predicted octanol–water partition coefficient (Wildman–Crippen LogP) is 4.08. The minimum Gasteiger partial charge on any atom is -0.369 e. The lowest BCUT2D eigenvalue weighted by Gasteiger charge is -2.25. The largest absolute Gasteiger partial charge is 0.369 e. The van der Waals surface area contributed by atoms with Crippen LogP contribution in [0.4, 0.5) is 5.69 Å². The van der Waals surface area contributed by atoms with Gasteiger partial charge in [-0.2, -0.15) is 11.8 Å². The molecule has 0 unspecified atom stereocenters. The highest BCUT2D eigenvalue weighted by atomic mass is 35.5. The van der Waals surface area contributed by atoms with Crippen molar-refractivity contribution in [3.8, 4) is 0 Å². The van der Waals surface area contributed by atoms with Crippen molar-refractivity contribution in [1.29, 1.82) is 0 Å². The summed E-state index contributed by atoms with van der Waals surface area (Å²) in [7, 11) is 0. The van der Waals surface area contributed by atoms with E-state index >= 15 is 0 Å². The summed E-state index contributed by atoms with van der Waals surface area (Å²) in [5.41, 5.74) is 8.13. The monoisotopic (exact) mass is 298 g/mol. The number of nitrogens with two attached hydrogens (primary N) is 1. The molecule has 1 aliphatic heterocycles. The molecule has 1 aliphatic rings. The fourth-order valence-corrected chi connectivity index (χ4v) is 3.73. The molecule has 1 saturated heterocycles. The SMILES string of the molecule is C[C@@H](N)c1ccc(N2CCSC(C)(C)CC2)c(Cl)c1. The van der Waals surface area contributed by atoms with E-state index in [1.807, 2.05) is 24.8 Å². The molecule has 2 N–H and O–H groups in total. The maximum atomic E-state index is 6.43. The quantitative estimate of drug-likeness (QED) is 0.892. The molecule has 0 aliphatic carbocycles. The maximum Gasteiger partial charge on any atom is 0.0642 e. The average molecular weight is 299 g/mol. The zero-order valence-electron chi connectivity index (χ0n) is 11.9. The third kappa shape index (κ3) is 3.80. The third-order valence-electron chi connectivity index (χ3n) is 3.68. The first-order valence-corrected chi connectivity index (χ1v) is 8.19. The van der Waals surface area contributed by atoms with E-state index in [1.54, 1.807) is 0 Å². The number of benzene rings is 1. The van der Waals surface area contributed by atoms with E-state index in [0.29, 0.717) is 4.75 Å². The van der Waals surface area contributed by atoms with Crippen molar-refractivity contribution < 1.29 is 0 Å². The molecule has 19 heavy (non-hydrogen) atoms. The summed E-state index contributed by atoms with van der Waals surface area (Å²) < 4.78 is 0.368. The molecule has 2 nitrogen and oxygen atoms in total. The zero-order chi connectivity index (χ0) is 14.0. The lowest BCUT2D eigenvalue weighted by Crippen LogP contribution is -2.27. The third-order valence-corrected chi connectivity index (χ3v) is 5.35. The van der Waals surface area contributed by atoms with Gasteiger partial charge in [0.2, 0.25) is 0 Å². The summed E-state index contributed by atoms with van der Waals surface area (Å²) in [5.74, 6) is 1.15. The maximum absolute atomic E-state index is 6.43. The summed E-state index contributed by atoms with van der Waals surface area (Å²) in [4.78, 5) is 2.40. The van der Waals surface area contributed by atoms with Gasteiger partial charge in [-0.15, -0.1) is 0 Å². The number of rotatable bonds is 2. The molecule has 4 heteroatoms. The number of hydrogen-bond acceptors (Lipinski definition) is 3. The Morgan fingerprint density at radius 1 is 1.37 bits per heavy atom. The lowest BCUT2D eigenvalue weighted by atomic mass is 10.1. The summed E-state index contributed by atoms with van der Waals surface area (Å²) in [5, 5.41) is 0.819. The van der Waals surface area contributed by atoms with Crippen LogP contribution >= 0.6 is 23.4 Å². The summed E-state index contributed by atoms with van der Waals surface area (Å²) in [6.07, 6.45) is 1.18. The molecule has 0 aromatic heterocycles. The van der Waals surface area contributed by atoms with Gasteiger partial charge in [0.25, 0.3) is 0 Å². The summed E-state index contributed by atoms with van der Waals surface area (Å²) >= 11 is 8.48. The van der Waals surface area contributed by atoms with Crippen LogP contribution in [0.5, 0.6) is 0 Å². The van der Waals surface area contributed by atoms with Gasteiger partial charge in [0.15, 0.2) is 0 Å². The van der Waals surface area contributed by atoms with E-state index < -0.39 is 0 Å². The molecule has 1 fully saturated rings. The number of hydrogen-bond donors (Lipinski definition) is 1. The van der Waals surface area contributed by atoms with Gasteiger partial charge in [-0.25, -0.2) is 0 Å². The first-order chi connectivity index (χ1) is 8.89. The molecule has 1 aromatic carbocycles. The van der Waals surface area contributed by atoms with Gasteiger partial charge in [-0.1, -0.05) is 31.5 Å². The molecule has 0 saturated carbocycles. The van der Waals surface area contributed by atoms with E-state index in [9.17, 15) is 0 Å². The average Bonchev–Trinajstić information content (AvgIpc) is 2.50. The standard InChI is InChI=1S/C15H23ClN2S/c1-11(17)12-4-5-14(13(16)10-12)18-7-6-15(2,3)19-9-8-18/h4-5,10-11H,6-9,17H2,1-3H3/t11-/m1/s1. The van der Waals surface area contributed by atoms with Crippen molar-refractivity contribution in [3.63, 3.8) is 0 Å². The normalized spacial score (nSPS) is 21.0. The first kappa shape index (κ1) is 15.0. The van der Waals surface area contributed by atoms with Crippen LogP contribution in [0.3, 0.4) is 0 Å². The van der Waals surface area contributed by atoms with Crippen molar-refractivity contribution in [2.24, 2.45) is 5.73 Å².